The standard InChI is InChI=1S/C10H12S/c1-7-3-4-9-5-11-6-10(9)8(7)2/h3-4H,5-6H2,1-2H3. The summed E-state index contributed by atoms with van der Waals surface area (Å²) >= 11 is 2.03. The zero-order chi connectivity index (χ0) is 7.84. The van der Waals surface area contributed by atoms with Gasteiger partial charge in [-0.05, 0) is 36.1 Å². The summed E-state index contributed by atoms with van der Waals surface area (Å²) in [6.07, 6.45) is 0. The van der Waals surface area contributed by atoms with Crippen LogP contribution in [0.2, 0.25) is 0 Å². The minimum absolute atomic E-state index is 1.22. The predicted octanol–water partition coefficient (Wildman–Crippen LogP) is 3.05. The largest absolute Gasteiger partial charge is 0.152 e. The molecule has 1 heterocycles. The van der Waals surface area contributed by atoms with Crippen molar-refractivity contribution in [3.05, 3.63) is 34.4 Å². The molecule has 58 valence electrons. The first-order valence-corrected chi connectivity index (χ1v) is 5.10. The quantitative estimate of drug-likeness (QED) is 0.568. The molecule has 0 unspecified atom stereocenters. The minimum Gasteiger partial charge on any atom is -0.152 e. The van der Waals surface area contributed by atoms with Crippen LogP contribution in [-0.2, 0) is 11.5 Å². The molecule has 0 aliphatic carbocycles. The summed E-state index contributed by atoms with van der Waals surface area (Å²) in [5.74, 6) is 2.44. The van der Waals surface area contributed by atoms with Gasteiger partial charge in [0.15, 0.2) is 0 Å². The van der Waals surface area contributed by atoms with E-state index in [0.717, 1.165) is 0 Å². The van der Waals surface area contributed by atoms with E-state index in [1.54, 1.807) is 11.1 Å². The van der Waals surface area contributed by atoms with Gasteiger partial charge in [-0.1, -0.05) is 12.1 Å². The highest BCUT2D eigenvalue weighted by Crippen LogP contribution is 2.32. The molecule has 1 aromatic rings. The maximum Gasteiger partial charge on any atom is 0.0193 e. The van der Waals surface area contributed by atoms with Gasteiger partial charge in [-0.25, -0.2) is 0 Å². The van der Waals surface area contributed by atoms with Crippen LogP contribution in [0.15, 0.2) is 12.1 Å². The molecule has 0 amide bonds. The highest BCUT2D eigenvalue weighted by Gasteiger charge is 2.13. The normalized spacial score (nSPS) is 15.1. The van der Waals surface area contributed by atoms with Gasteiger partial charge in [0.2, 0.25) is 0 Å². The van der Waals surface area contributed by atoms with E-state index >= 15 is 0 Å². The van der Waals surface area contributed by atoms with E-state index in [0.29, 0.717) is 0 Å². The van der Waals surface area contributed by atoms with Crippen LogP contribution in [0.5, 0.6) is 0 Å². The number of aryl methyl sites for hydroxylation is 1. The average Bonchev–Trinajstić information content (AvgIpc) is 2.45. The number of hydrogen-bond acceptors (Lipinski definition) is 1. The lowest BCUT2D eigenvalue weighted by Crippen LogP contribution is -1.89. The Morgan fingerprint density at radius 2 is 2.00 bits per heavy atom. The molecule has 0 radical (unpaired) electrons. The second-order valence-corrected chi connectivity index (χ2v) is 4.12. The first kappa shape index (κ1) is 7.23. The molecule has 1 aliphatic rings. The van der Waals surface area contributed by atoms with Crippen molar-refractivity contribution in [2.24, 2.45) is 0 Å². The molecule has 0 saturated carbocycles. The Hall–Kier alpha value is -0.430. The van der Waals surface area contributed by atoms with Crippen molar-refractivity contribution in [2.75, 3.05) is 0 Å². The van der Waals surface area contributed by atoms with E-state index in [1.807, 2.05) is 11.8 Å². The number of hydrogen-bond donors (Lipinski definition) is 0. The topological polar surface area (TPSA) is 0 Å². The third-order valence-electron chi connectivity index (χ3n) is 2.47. The monoisotopic (exact) mass is 164 g/mol. The Bertz CT molecular complexity index is 289. The average molecular weight is 164 g/mol. The highest BCUT2D eigenvalue weighted by molar-refractivity contribution is 7.98. The van der Waals surface area contributed by atoms with Crippen molar-refractivity contribution >= 4 is 11.8 Å². The molecule has 0 bridgehead atoms. The van der Waals surface area contributed by atoms with Gasteiger partial charge in [-0.2, -0.15) is 11.8 Å². The minimum atomic E-state index is 1.22. The summed E-state index contributed by atoms with van der Waals surface area (Å²) in [5, 5.41) is 0. The fraction of sp³-hybridized carbons (Fsp3) is 0.400. The SMILES string of the molecule is Cc1ccc2c(c1C)CSC2. The van der Waals surface area contributed by atoms with Gasteiger partial charge in [0, 0.05) is 11.5 Å². The number of thioether (sulfide) groups is 1. The molecule has 0 nitrogen and oxygen atoms in total. The second-order valence-electron chi connectivity index (χ2n) is 3.14. The van der Waals surface area contributed by atoms with Gasteiger partial charge in [-0.15, -0.1) is 0 Å². The molecule has 0 atom stereocenters. The summed E-state index contributed by atoms with van der Waals surface area (Å²) in [5.41, 5.74) is 6.09. The molecule has 0 aromatic heterocycles. The number of benzene rings is 1. The van der Waals surface area contributed by atoms with Crippen LogP contribution >= 0.6 is 11.8 Å². The molecular weight excluding hydrogens is 152 g/mol. The Morgan fingerprint density at radius 1 is 1.18 bits per heavy atom. The van der Waals surface area contributed by atoms with E-state index in [1.165, 1.54) is 22.6 Å². The molecule has 1 heteroatoms. The molecule has 2 rings (SSSR count). The van der Waals surface area contributed by atoms with E-state index in [-0.39, 0.29) is 0 Å². The van der Waals surface area contributed by atoms with Gasteiger partial charge in [0.05, 0.1) is 0 Å². The molecule has 1 aliphatic heterocycles. The van der Waals surface area contributed by atoms with Gasteiger partial charge >= 0.3 is 0 Å². The van der Waals surface area contributed by atoms with Crippen LogP contribution in [0.1, 0.15) is 22.3 Å². The van der Waals surface area contributed by atoms with Crippen LogP contribution in [0.3, 0.4) is 0 Å². The molecule has 0 saturated heterocycles. The van der Waals surface area contributed by atoms with Gasteiger partial charge in [0.25, 0.3) is 0 Å². The smallest absolute Gasteiger partial charge is 0.0193 e. The number of fused-ring (bicyclic) bond motifs is 1. The Kier molecular flexibility index (Phi) is 1.68. The highest BCUT2D eigenvalue weighted by atomic mass is 32.2. The predicted molar refractivity (Wildman–Crippen MR) is 50.9 cm³/mol. The number of rotatable bonds is 0. The zero-order valence-electron chi connectivity index (χ0n) is 6.98. The third-order valence-corrected chi connectivity index (χ3v) is 3.48. The summed E-state index contributed by atoms with van der Waals surface area (Å²) in [6.45, 7) is 4.43. The first-order valence-electron chi connectivity index (χ1n) is 3.95. The summed E-state index contributed by atoms with van der Waals surface area (Å²) in [6, 6.07) is 4.51. The van der Waals surface area contributed by atoms with E-state index in [9.17, 15) is 0 Å². The van der Waals surface area contributed by atoms with Crippen LogP contribution in [0.25, 0.3) is 0 Å². The fourth-order valence-electron chi connectivity index (χ4n) is 1.53. The molecule has 1 aromatic carbocycles. The van der Waals surface area contributed by atoms with Crippen molar-refractivity contribution in [1.82, 2.24) is 0 Å². The van der Waals surface area contributed by atoms with Crippen LogP contribution in [0.4, 0.5) is 0 Å². The molecule has 0 N–H and O–H groups in total. The second kappa shape index (κ2) is 2.56. The summed E-state index contributed by atoms with van der Waals surface area (Å²) in [7, 11) is 0. The van der Waals surface area contributed by atoms with Crippen molar-refractivity contribution in [3.63, 3.8) is 0 Å². The van der Waals surface area contributed by atoms with Gasteiger partial charge in [0.1, 0.15) is 0 Å². The first-order chi connectivity index (χ1) is 5.29. The van der Waals surface area contributed by atoms with Crippen molar-refractivity contribution in [3.8, 4) is 0 Å². The van der Waals surface area contributed by atoms with Crippen molar-refractivity contribution < 1.29 is 0 Å². The van der Waals surface area contributed by atoms with E-state index in [4.69, 9.17) is 0 Å². The lowest BCUT2D eigenvalue weighted by Gasteiger charge is -2.05. The van der Waals surface area contributed by atoms with E-state index < -0.39 is 0 Å². The molecule has 0 spiro atoms. The lowest BCUT2D eigenvalue weighted by atomic mass is 10.0. The third kappa shape index (κ3) is 1.08. The molecular formula is C10H12S. The Balaban J connectivity index is 2.62. The maximum atomic E-state index is 2.28. The Morgan fingerprint density at radius 3 is 2.82 bits per heavy atom. The fourth-order valence-corrected chi connectivity index (χ4v) is 2.73. The maximum absolute atomic E-state index is 2.28. The van der Waals surface area contributed by atoms with Crippen molar-refractivity contribution in [2.45, 2.75) is 25.4 Å². The molecule has 0 fully saturated rings. The van der Waals surface area contributed by atoms with Crippen molar-refractivity contribution in [1.29, 1.82) is 0 Å². The van der Waals surface area contributed by atoms with E-state index in [2.05, 4.69) is 26.0 Å². The summed E-state index contributed by atoms with van der Waals surface area (Å²) < 4.78 is 0. The molecule has 11 heavy (non-hydrogen) atoms. The lowest BCUT2D eigenvalue weighted by molar-refractivity contribution is 1.22. The van der Waals surface area contributed by atoms with Crippen LogP contribution in [-0.4, -0.2) is 0 Å². The zero-order valence-corrected chi connectivity index (χ0v) is 7.79. The Labute approximate surface area is 72.0 Å². The van der Waals surface area contributed by atoms with Gasteiger partial charge in [-0.3, -0.25) is 0 Å². The van der Waals surface area contributed by atoms with Crippen LogP contribution in [0, 0.1) is 13.8 Å². The van der Waals surface area contributed by atoms with Crippen LogP contribution < -0.4 is 0 Å². The summed E-state index contributed by atoms with van der Waals surface area (Å²) in [4.78, 5) is 0. The van der Waals surface area contributed by atoms with Gasteiger partial charge < -0.3 is 0 Å².